The van der Waals surface area contributed by atoms with Gasteiger partial charge in [0, 0.05) is 16.8 Å². The zero-order valence-electron chi connectivity index (χ0n) is 14.2. The third-order valence-corrected chi connectivity index (χ3v) is 3.70. The van der Waals surface area contributed by atoms with E-state index in [1.165, 1.54) is 14.2 Å². The highest BCUT2D eigenvalue weighted by molar-refractivity contribution is 6.30. The molecule has 0 saturated carbocycles. The predicted molar refractivity (Wildman–Crippen MR) is 97.6 cm³/mol. The van der Waals surface area contributed by atoms with Crippen LogP contribution in [-0.4, -0.2) is 26.0 Å². The first-order valence-electron chi connectivity index (χ1n) is 7.51. The van der Waals surface area contributed by atoms with Gasteiger partial charge in [-0.1, -0.05) is 11.6 Å². The quantitative estimate of drug-likeness (QED) is 0.769. The smallest absolute Gasteiger partial charge is 0.233 e. The van der Waals surface area contributed by atoms with Crippen molar-refractivity contribution in [3.8, 4) is 11.5 Å². The Balaban J connectivity index is 2.01. The molecular weight excluding hydrogens is 344 g/mol. The Hall–Kier alpha value is -2.73. The number of aryl methyl sites for hydroxylation is 1. The molecule has 0 spiro atoms. The Morgan fingerprint density at radius 3 is 2.24 bits per heavy atom. The molecule has 6 nitrogen and oxygen atoms in total. The second kappa shape index (κ2) is 8.39. The molecule has 0 aliphatic rings. The lowest BCUT2D eigenvalue weighted by atomic mass is 10.2. The van der Waals surface area contributed by atoms with E-state index < -0.39 is 11.8 Å². The van der Waals surface area contributed by atoms with E-state index in [2.05, 4.69) is 10.6 Å². The van der Waals surface area contributed by atoms with Crippen molar-refractivity contribution in [2.75, 3.05) is 24.9 Å². The predicted octanol–water partition coefficient (Wildman–Crippen LogP) is 3.63. The number of carbonyl (C=O) groups is 2. The molecule has 0 unspecified atom stereocenters. The first-order valence-corrected chi connectivity index (χ1v) is 7.88. The third-order valence-electron chi connectivity index (χ3n) is 3.46. The van der Waals surface area contributed by atoms with E-state index in [9.17, 15) is 9.59 Å². The third kappa shape index (κ3) is 5.12. The molecule has 2 aromatic carbocycles. The SMILES string of the molecule is COc1ccc(OC)c(NC(=O)CC(=O)Nc2ccc(Cl)cc2C)c1. The summed E-state index contributed by atoms with van der Waals surface area (Å²) in [5.74, 6) is 0.154. The summed E-state index contributed by atoms with van der Waals surface area (Å²) in [6.45, 7) is 1.82. The second-order valence-corrected chi connectivity index (χ2v) is 5.74. The van der Waals surface area contributed by atoms with Crippen LogP contribution < -0.4 is 20.1 Å². The number of hydrogen-bond donors (Lipinski definition) is 2. The minimum absolute atomic E-state index is 0.331. The first-order chi connectivity index (χ1) is 11.9. The first kappa shape index (κ1) is 18.6. The van der Waals surface area contributed by atoms with Crippen LogP contribution in [0.4, 0.5) is 11.4 Å². The van der Waals surface area contributed by atoms with Gasteiger partial charge >= 0.3 is 0 Å². The summed E-state index contributed by atoms with van der Waals surface area (Å²) >= 11 is 5.88. The van der Waals surface area contributed by atoms with Crippen LogP contribution in [0, 0.1) is 6.92 Å². The topological polar surface area (TPSA) is 76.7 Å². The van der Waals surface area contributed by atoms with Crippen molar-refractivity contribution in [2.45, 2.75) is 13.3 Å². The number of rotatable bonds is 6. The lowest BCUT2D eigenvalue weighted by Crippen LogP contribution is -2.22. The molecule has 25 heavy (non-hydrogen) atoms. The van der Waals surface area contributed by atoms with Crippen molar-refractivity contribution in [3.05, 3.63) is 47.0 Å². The Morgan fingerprint density at radius 2 is 1.64 bits per heavy atom. The van der Waals surface area contributed by atoms with Gasteiger partial charge in [0.25, 0.3) is 0 Å². The van der Waals surface area contributed by atoms with E-state index in [-0.39, 0.29) is 6.42 Å². The second-order valence-electron chi connectivity index (χ2n) is 5.30. The summed E-state index contributed by atoms with van der Waals surface area (Å²) in [7, 11) is 3.02. The van der Waals surface area contributed by atoms with Gasteiger partial charge in [0.15, 0.2) is 0 Å². The van der Waals surface area contributed by atoms with Crippen LogP contribution in [0.2, 0.25) is 5.02 Å². The minimum atomic E-state index is -0.462. The van der Waals surface area contributed by atoms with Crippen LogP contribution in [0.3, 0.4) is 0 Å². The number of methoxy groups -OCH3 is 2. The number of anilines is 2. The number of amides is 2. The molecule has 2 amide bonds. The fourth-order valence-electron chi connectivity index (χ4n) is 2.21. The van der Waals surface area contributed by atoms with Crippen molar-refractivity contribution in [3.63, 3.8) is 0 Å². The van der Waals surface area contributed by atoms with Crippen molar-refractivity contribution in [1.29, 1.82) is 0 Å². The van der Waals surface area contributed by atoms with Gasteiger partial charge in [0.05, 0.1) is 19.9 Å². The molecule has 0 aliphatic heterocycles. The number of carbonyl (C=O) groups excluding carboxylic acids is 2. The van der Waals surface area contributed by atoms with Gasteiger partial charge in [-0.3, -0.25) is 9.59 Å². The van der Waals surface area contributed by atoms with E-state index in [0.29, 0.717) is 27.9 Å². The van der Waals surface area contributed by atoms with Crippen LogP contribution in [0.25, 0.3) is 0 Å². The zero-order valence-corrected chi connectivity index (χ0v) is 14.9. The van der Waals surface area contributed by atoms with Gasteiger partial charge in [0.1, 0.15) is 17.9 Å². The van der Waals surface area contributed by atoms with E-state index in [0.717, 1.165) is 5.56 Å². The monoisotopic (exact) mass is 362 g/mol. The van der Waals surface area contributed by atoms with E-state index in [4.69, 9.17) is 21.1 Å². The van der Waals surface area contributed by atoms with Crippen LogP contribution in [0.1, 0.15) is 12.0 Å². The fourth-order valence-corrected chi connectivity index (χ4v) is 2.44. The molecule has 7 heteroatoms. The van der Waals surface area contributed by atoms with Gasteiger partial charge in [-0.2, -0.15) is 0 Å². The minimum Gasteiger partial charge on any atom is -0.497 e. The lowest BCUT2D eigenvalue weighted by molar-refractivity contribution is -0.123. The van der Waals surface area contributed by atoms with Crippen molar-refractivity contribution < 1.29 is 19.1 Å². The maximum absolute atomic E-state index is 12.1. The zero-order chi connectivity index (χ0) is 18.4. The Bertz CT molecular complexity index is 793. The largest absolute Gasteiger partial charge is 0.497 e. The normalized spacial score (nSPS) is 10.1. The Kier molecular flexibility index (Phi) is 6.25. The van der Waals surface area contributed by atoms with Gasteiger partial charge in [-0.25, -0.2) is 0 Å². The summed E-state index contributed by atoms with van der Waals surface area (Å²) in [5.41, 5.74) is 1.86. The molecule has 0 fully saturated rings. The standard InChI is InChI=1S/C18H19ClN2O4/c1-11-8-12(19)4-6-14(11)20-17(22)10-18(23)21-15-9-13(24-2)5-7-16(15)25-3/h4-9H,10H2,1-3H3,(H,20,22)(H,21,23). The molecule has 0 bridgehead atoms. The Labute approximate surface area is 151 Å². The average Bonchev–Trinajstić information content (AvgIpc) is 2.57. The number of benzene rings is 2. The van der Waals surface area contributed by atoms with E-state index >= 15 is 0 Å². The molecule has 0 radical (unpaired) electrons. The summed E-state index contributed by atoms with van der Waals surface area (Å²) in [6, 6.07) is 10.1. The molecule has 2 rings (SSSR count). The number of hydrogen-bond acceptors (Lipinski definition) is 4. The van der Waals surface area contributed by atoms with E-state index in [1.54, 1.807) is 36.4 Å². The van der Waals surface area contributed by atoms with Crippen LogP contribution in [0.5, 0.6) is 11.5 Å². The molecular formula is C18H19ClN2O4. The van der Waals surface area contributed by atoms with Gasteiger partial charge in [0.2, 0.25) is 11.8 Å². The van der Waals surface area contributed by atoms with Gasteiger partial charge < -0.3 is 20.1 Å². The molecule has 0 saturated heterocycles. The van der Waals surface area contributed by atoms with Crippen molar-refractivity contribution in [2.24, 2.45) is 0 Å². The van der Waals surface area contributed by atoms with Crippen LogP contribution >= 0.6 is 11.6 Å². The number of nitrogens with one attached hydrogen (secondary N) is 2. The van der Waals surface area contributed by atoms with Crippen molar-refractivity contribution >= 4 is 34.8 Å². The maximum atomic E-state index is 12.1. The fraction of sp³-hybridized carbons (Fsp3) is 0.222. The van der Waals surface area contributed by atoms with E-state index in [1.807, 2.05) is 6.92 Å². The summed E-state index contributed by atoms with van der Waals surface area (Å²) in [5, 5.41) is 5.92. The molecule has 0 aliphatic carbocycles. The lowest BCUT2D eigenvalue weighted by Gasteiger charge is -2.12. The van der Waals surface area contributed by atoms with Gasteiger partial charge in [-0.15, -0.1) is 0 Å². The average molecular weight is 363 g/mol. The Morgan fingerprint density at radius 1 is 0.960 bits per heavy atom. The number of halogens is 1. The van der Waals surface area contributed by atoms with Crippen LogP contribution in [0.15, 0.2) is 36.4 Å². The number of ether oxygens (including phenoxy) is 2. The maximum Gasteiger partial charge on any atom is 0.233 e. The summed E-state index contributed by atoms with van der Waals surface area (Å²) < 4.78 is 10.3. The summed E-state index contributed by atoms with van der Waals surface area (Å²) in [4.78, 5) is 24.2. The highest BCUT2D eigenvalue weighted by atomic mass is 35.5. The molecule has 2 aromatic rings. The summed E-state index contributed by atoms with van der Waals surface area (Å²) in [6.07, 6.45) is -0.331. The highest BCUT2D eigenvalue weighted by Crippen LogP contribution is 2.29. The highest BCUT2D eigenvalue weighted by Gasteiger charge is 2.14. The molecule has 0 aromatic heterocycles. The molecule has 132 valence electrons. The van der Waals surface area contributed by atoms with Crippen molar-refractivity contribution in [1.82, 2.24) is 0 Å². The molecule has 0 heterocycles. The van der Waals surface area contributed by atoms with Gasteiger partial charge in [-0.05, 0) is 42.8 Å². The van der Waals surface area contributed by atoms with Crippen LogP contribution in [-0.2, 0) is 9.59 Å². The molecule has 0 atom stereocenters. The molecule has 2 N–H and O–H groups in total.